The fraction of sp³-hybridized carbons (Fsp3) is 0.200. The van der Waals surface area contributed by atoms with Gasteiger partial charge in [-0.05, 0) is 61.7 Å². The Bertz CT molecular complexity index is 1170. The number of H-pyrrole nitrogens is 1. The standard InChI is InChI=1S/C25H25N3O2/c1-17-12-13-22-21(15-17)20(25(28-22)23-10-3-4-14-26-23)9-6-11-24(29)27-18-7-5-8-19(16-18)30-2/h3-5,7-8,10,12-16,28H,6,9,11H2,1-2H3,(H,27,29). The molecule has 0 atom stereocenters. The van der Waals surface area contributed by atoms with Crippen LogP contribution in [0.25, 0.3) is 22.3 Å². The molecule has 0 saturated carbocycles. The summed E-state index contributed by atoms with van der Waals surface area (Å²) >= 11 is 0. The lowest BCUT2D eigenvalue weighted by atomic mass is 10.0. The van der Waals surface area contributed by atoms with Gasteiger partial charge < -0.3 is 15.0 Å². The van der Waals surface area contributed by atoms with E-state index in [-0.39, 0.29) is 5.91 Å². The third-order valence-corrected chi connectivity index (χ3v) is 5.17. The molecule has 2 heterocycles. The molecule has 0 spiro atoms. The van der Waals surface area contributed by atoms with Gasteiger partial charge in [-0.15, -0.1) is 0 Å². The number of methoxy groups -OCH3 is 1. The number of hydrogen-bond acceptors (Lipinski definition) is 3. The SMILES string of the molecule is COc1cccc(NC(=O)CCCc2c(-c3ccccn3)[nH]c3ccc(C)cc23)c1. The van der Waals surface area contributed by atoms with Crippen molar-refractivity contribution in [2.45, 2.75) is 26.2 Å². The molecule has 0 saturated heterocycles. The monoisotopic (exact) mass is 399 g/mol. The largest absolute Gasteiger partial charge is 0.497 e. The van der Waals surface area contributed by atoms with Crippen LogP contribution >= 0.6 is 0 Å². The number of pyridine rings is 1. The van der Waals surface area contributed by atoms with Gasteiger partial charge in [0.15, 0.2) is 0 Å². The van der Waals surface area contributed by atoms with Crippen LogP contribution in [0.5, 0.6) is 5.75 Å². The minimum absolute atomic E-state index is 0.00124. The molecule has 2 aromatic carbocycles. The van der Waals surface area contributed by atoms with Crippen molar-refractivity contribution >= 4 is 22.5 Å². The maximum Gasteiger partial charge on any atom is 0.224 e. The van der Waals surface area contributed by atoms with E-state index in [1.54, 1.807) is 13.3 Å². The van der Waals surface area contributed by atoms with Gasteiger partial charge in [0.05, 0.1) is 18.5 Å². The second kappa shape index (κ2) is 8.82. The lowest BCUT2D eigenvalue weighted by Crippen LogP contribution is -2.11. The van der Waals surface area contributed by atoms with Gasteiger partial charge >= 0.3 is 0 Å². The molecule has 30 heavy (non-hydrogen) atoms. The summed E-state index contributed by atoms with van der Waals surface area (Å²) in [7, 11) is 1.61. The average molecular weight is 399 g/mol. The lowest BCUT2D eigenvalue weighted by Gasteiger charge is -2.08. The van der Waals surface area contributed by atoms with Crippen molar-refractivity contribution < 1.29 is 9.53 Å². The number of amides is 1. The molecule has 0 fully saturated rings. The number of aryl methyl sites for hydroxylation is 2. The summed E-state index contributed by atoms with van der Waals surface area (Å²) in [6.07, 6.45) is 3.78. The van der Waals surface area contributed by atoms with Crippen LogP contribution in [0.4, 0.5) is 5.69 Å². The van der Waals surface area contributed by atoms with Crippen LogP contribution in [0, 0.1) is 6.92 Å². The molecule has 5 nitrogen and oxygen atoms in total. The van der Waals surface area contributed by atoms with E-state index in [1.807, 2.05) is 42.5 Å². The number of carbonyl (C=O) groups is 1. The highest BCUT2D eigenvalue weighted by atomic mass is 16.5. The van der Waals surface area contributed by atoms with Gasteiger partial charge in [0.25, 0.3) is 0 Å². The zero-order valence-corrected chi connectivity index (χ0v) is 17.2. The summed E-state index contributed by atoms with van der Waals surface area (Å²) in [5.74, 6) is 0.723. The smallest absolute Gasteiger partial charge is 0.224 e. The minimum atomic E-state index is -0.00124. The first-order valence-electron chi connectivity index (χ1n) is 10.1. The first-order valence-corrected chi connectivity index (χ1v) is 10.1. The van der Waals surface area contributed by atoms with Crippen LogP contribution in [0.3, 0.4) is 0 Å². The van der Waals surface area contributed by atoms with Crippen LogP contribution in [0.15, 0.2) is 66.9 Å². The maximum atomic E-state index is 12.4. The van der Waals surface area contributed by atoms with Gasteiger partial charge in [-0.1, -0.05) is 23.8 Å². The highest BCUT2D eigenvalue weighted by Crippen LogP contribution is 2.31. The number of benzene rings is 2. The molecule has 0 aliphatic heterocycles. The highest BCUT2D eigenvalue weighted by molar-refractivity contribution is 5.92. The molecular formula is C25H25N3O2. The Kier molecular flexibility index (Phi) is 5.80. The summed E-state index contributed by atoms with van der Waals surface area (Å²) in [6.45, 7) is 2.10. The fourth-order valence-electron chi connectivity index (χ4n) is 3.70. The summed E-state index contributed by atoms with van der Waals surface area (Å²) in [5, 5.41) is 4.15. The molecular weight excluding hydrogens is 374 g/mol. The van der Waals surface area contributed by atoms with Crippen molar-refractivity contribution in [1.82, 2.24) is 9.97 Å². The average Bonchev–Trinajstić information content (AvgIpc) is 3.12. The molecule has 4 aromatic rings. The predicted octanol–water partition coefficient (Wildman–Crippen LogP) is 5.51. The Balaban J connectivity index is 1.50. The van der Waals surface area contributed by atoms with E-state index in [0.717, 1.165) is 41.2 Å². The van der Waals surface area contributed by atoms with E-state index >= 15 is 0 Å². The van der Waals surface area contributed by atoms with Crippen LogP contribution < -0.4 is 10.1 Å². The van der Waals surface area contributed by atoms with Gasteiger partial charge in [0, 0.05) is 35.3 Å². The lowest BCUT2D eigenvalue weighted by molar-refractivity contribution is -0.116. The fourth-order valence-corrected chi connectivity index (χ4v) is 3.70. The van der Waals surface area contributed by atoms with Gasteiger partial charge in [-0.25, -0.2) is 0 Å². The molecule has 0 unspecified atom stereocenters. The Hall–Kier alpha value is -3.60. The number of aromatic nitrogens is 2. The molecule has 152 valence electrons. The Morgan fingerprint density at radius 2 is 2.00 bits per heavy atom. The van der Waals surface area contributed by atoms with Crippen molar-refractivity contribution in [1.29, 1.82) is 0 Å². The Morgan fingerprint density at radius 3 is 2.80 bits per heavy atom. The van der Waals surface area contributed by atoms with Crippen molar-refractivity contribution in [2.75, 3.05) is 12.4 Å². The summed E-state index contributed by atoms with van der Waals surface area (Å²) in [4.78, 5) is 20.5. The van der Waals surface area contributed by atoms with E-state index in [9.17, 15) is 4.79 Å². The summed E-state index contributed by atoms with van der Waals surface area (Å²) < 4.78 is 5.21. The molecule has 2 N–H and O–H groups in total. The zero-order valence-electron chi connectivity index (χ0n) is 17.2. The number of aromatic amines is 1. The van der Waals surface area contributed by atoms with Gasteiger partial charge in [0.1, 0.15) is 5.75 Å². The van der Waals surface area contributed by atoms with Crippen molar-refractivity contribution in [3.8, 4) is 17.1 Å². The van der Waals surface area contributed by atoms with E-state index in [1.165, 1.54) is 16.5 Å². The maximum absolute atomic E-state index is 12.4. The third-order valence-electron chi connectivity index (χ3n) is 5.17. The minimum Gasteiger partial charge on any atom is -0.497 e. The Labute approximate surface area is 176 Å². The van der Waals surface area contributed by atoms with E-state index in [0.29, 0.717) is 6.42 Å². The van der Waals surface area contributed by atoms with E-state index in [4.69, 9.17) is 4.74 Å². The summed E-state index contributed by atoms with van der Waals surface area (Å²) in [5.41, 5.74) is 6.22. The number of ether oxygens (including phenoxy) is 1. The number of rotatable bonds is 7. The predicted molar refractivity (Wildman–Crippen MR) is 121 cm³/mol. The topological polar surface area (TPSA) is 67.0 Å². The van der Waals surface area contributed by atoms with Gasteiger partial charge in [-0.2, -0.15) is 0 Å². The molecule has 0 aliphatic rings. The molecule has 2 aromatic heterocycles. The van der Waals surface area contributed by atoms with E-state index in [2.05, 4.69) is 40.4 Å². The molecule has 0 bridgehead atoms. The number of fused-ring (bicyclic) bond motifs is 1. The van der Waals surface area contributed by atoms with Crippen molar-refractivity contribution in [3.05, 3.63) is 78.0 Å². The Morgan fingerprint density at radius 1 is 1.10 bits per heavy atom. The normalized spacial score (nSPS) is 10.9. The number of carbonyl (C=O) groups excluding carboxylic acids is 1. The number of anilines is 1. The van der Waals surface area contributed by atoms with Crippen LogP contribution in [-0.4, -0.2) is 23.0 Å². The van der Waals surface area contributed by atoms with Gasteiger partial charge in [-0.3, -0.25) is 9.78 Å². The first kappa shape index (κ1) is 19.7. The zero-order chi connectivity index (χ0) is 20.9. The molecule has 5 heteroatoms. The van der Waals surface area contributed by atoms with Crippen LogP contribution in [0.1, 0.15) is 24.0 Å². The molecule has 0 aliphatic carbocycles. The first-order chi connectivity index (χ1) is 14.6. The second-order valence-electron chi connectivity index (χ2n) is 7.38. The van der Waals surface area contributed by atoms with Crippen LogP contribution in [-0.2, 0) is 11.2 Å². The molecule has 0 radical (unpaired) electrons. The number of nitrogens with zero attached hydrogens (tertiary/aromatic N) is 1. The van der Waals surface area contributed by atoms with Gasteiger partial charge in [0.2, 0.25) is 5.91 Å². The van der Waals surface area contributed by atoms with E-state index < -0.39 is 0 Å². The second-order valence-corrected chi connectivity index (χ2v) is 7.38. The number of nitrogens with one attached hydrogen (secondary N) is 2. The highest BCUT2D eigenvalue weighted by Gasteiger charge is 2.15. The molecule has 4 rings (SSSR count). The number of hydrogen-bond donors (Lipinski definition) is 2. The summed E-state index contributed by atoms with van der Waals surface area (Å²) in [6, 6.07) is 19.7. The third kappa shape index (κ3) is 4.35. The molecule has 1 amide bonds. The van der Waals surface area contributed by atoms with Crippen LogP contribution in [0.2, 0.25) is 0 Å². The van der Waals surface area contributed by atoms with Crippen molar-refractivity contribution in [2.24, 2.45) is 0 Å². The quantitative estimate of drug-likeness (QED) is 0.431. The van der Waals surface area contributed by atoms with Crippen molar-refractivity contribution in [3.63, 3.8) is 0 Å².